The molecule has 0 aliphatic heterocycles. The van der Waals surface area contributed by atoms with Gasteiger partial charge in [0.2, 0.25) is 0 Å². The Kier molecular flexibility index (Phi) is 4.30. The molecule has 2 aromatic rings. The molecule has 0 saturated carbocycles. The molecular weight excluding hydrogens is 344 g/mol. The zero-order valence-electron chi connectivity index (χ0n) is 10.9. The Bertz CT molecular complexity index is 764. The van der Waals surface area contributed by atoms with Crippen molar-refractivity contribution >= 4 is 28.9 Å². The molecule has 1 aromatic heterocycles. The van der Waals surface area contributed by atoms with E-state index in [-0.39, 0.29) is 32.6 Å². The Labute approximate surface area is 132 Å². The highest BCUT2D eigenvalue weighted by Crippen LogP contribution is 2.39. The molecule has 0 radical (unpaired) electrons. The van der Waals surface area contributed by atoms with E-state index in [4.69, 9.17) is 23.2 Å². The topological polar surface area (TPSA) is 56.0 Å². The Hall–Kier alpha value is -1.86. The highest BCUT2D eigenvalue weighted by molar-refractivity contribution is 6.34. The fraction of sp³-hybridized carbons (Fsp3) is 0.154. The summed E-state index contributed by atoms with van der Waals surface area (Å²) < 4.78 is 38.3. The van der Waals surface area contributed by atoms with Gasteiger partial charge in [-0.2, -0.15) is 13.2 Å². The van der Waals surface area contributed by atoms with E-state index < -0.39 is 16.7 Å². The lowest BCUT2D eigenvalue weighted by Gasteiger charge is -2.13. The summed E-state index contributed by atoms with van der Waals surface area (Å²) in [4.78, 5) is 13.9. The number of rotatable bonds is 2. The summed E-state index contributed by atoms with van der Waals surface area (Å²) in [6.45, 7) is 1.21. The minimum atomic E-state index is -4.58. The van der Waals surface area contributed by atoms with Crippen LogP contribution in [0.3, 0.4) is 0 Å². The molecule has 0 aliphatic rings. The first-order valence-electron chi connectivity index (χ1n) is 5.79. The number of hydrogen-bond acceptors (Lipinski definition) is 3. The Morgan fingerprint density at radius 3 is 2.45 bits per heavy atom. The van der Waals surface area contributed by atoms with E-state index in [0.717, 1.165) is 6.07 Å². The number of hydrogen-bond donors (Lipinski definition) is 0. The minimum Gasteiger partial charge on any atom is -0.258 e. The largest absolute Gasteiger partial charge is 0.418 e. The van der Waals surface area contributed by atoms with Crippen LogP contribution in [0.5, 0.6) is 0 Å². The summed E-state index contributed by atoms with van der Waals surface area (Å²) in [5, 5.41) is 10.6. The molecule has 0 spiro atoms. The first-order valence-corrected chi connectivity index (χ1v) is 6.55. The summed E-state index contributed by atoms with van der Waals surface area (Å²) in [6, 6.07) is 3.78. The number of pyridine rings is 1. The van der Waals surface area contributed by atoms with Gasteiger partial charge in [-0.05, 0) is 18.6 Å². The van der Waals surface area contributed by atoms with Gasteiger partial charge in [0, 0.05) is 17.8 Å². The van der Waals surface area contributed by atoms with E-state index >= 15 is 0 Å². The van der Waals surface area contributed by atoms with Crippen molar-refractivity contribution in [2.24, 2.45) is 0 Å². The predicted molar refractivity (Wildman–Crippen MR) is 76.1 cm³/mol. The standard InChI is InChI=1S/C13H7Cl2F3N2O2/c1-6-8(13(16,17)18)5-19-12(11(6)15)7-2-3-9(14)10(4-7)20(21)22/h2-5H,1H3. The van der Waals surface area contributed by atoms with E-state index in [1.807, 2.05) is 0 Å². The summed E-state index contributed by atoms with van der Waals surface area (Å²) >= 11 is 11.6. The number of nitro groups is 1. The van der Waals surface area contributed by atoms with Gasteiger partial charge in [0.25, 0.3) is 5.69 Å². The number of aromatic nitrogens is 1. The van der Waals surface area contributed by atoms with E-state index in [0.29, 0.717) is 6.20 Å². The maximum Gasteiger partial charge on any atom is 0.418 e. The van der Waals surface area contributed by atoms with Gasteiger partial charge >= 0.3 is 6.18 Å². The zero-order chi connectivity index (χ0) is 16.7. The molecule has 1 aromatic carbocycles. The third kappa shape index (κ3) is 3.00. The summed E-state index contributed by atoms with van der Waals surface area (Å²) in [7, 11) is 0. The molecule has 1 heterocycles. The molecule has 0 atom stereocenters. The van der Waals surface area contributed by atoms with Gasteiger partial charge in [0.1, 0.15) is 5.02 Å². The third-order valence-corrected chi connectivity index (χ3v) is 3.77. The monoisotopic (exact) mass is 350 g/mol. The van der Waals surface area contributed by atoms with Crippen LogP contribution in [0.1, 0.15) is 11.1 Å². The van der Waals surface area contributed by atoms with Crippen molar-refractivity contribution in [3.05, 3.63) is 55.7 Å². The van der Waals surface area contributed by atoms with Crippen LogP contribution in [0.4, 0.5) is 18.9 Å². The Morgan fingerprint density at radius 2 is 1.91 bits per heavy atom. The molecule has 4 nitrogen and oxygen atoms in total. The maximum absolute atomic E-state index is 12.8. The lowest BCUT2D eigenvalue weighted by Crippen LogP contribution is -2.09. The molecule has 0 saturated heterocycles. The fourth-order valence-electron chi connectivity index (χ4n) is 1.87. The molecular formula is C13H7Cl2F3N2O2. The van der Waals surface area contributed by atoms with Crippen LogP contribution in [-0.2, 0) is 6.18 Å². The van der Waals surface area contributed by atoms with Crippen molar-refractivity contribution in [1.29, 1.82) is 0 Å². The fourth-order valence-corrected chi connectivity index (χ4v) is 2.31. The number of alkyl halides is 3. The van der Waals surface area contributed by atoms with E-state index in [9.17, 15) is 23.3 Å². The van der Waals surface area contributed by atoms with Gasteiger partial charge in [-0.1, -0.05) is 29.3 Å². The number of benzene rings is 1. The molecule has 0 aliphatic carbocycles. The van der Waals surface area contributed by atoms with E-state index in [1.54, 1.807) is 0 Å². The smallest absolute Gasteiger partial charge is 0.258 e. The van der Waals surface area contributed by atoms with Crippen LogP contribution in [0, 0.1) is 17.0 Å². The average molecular weight is 351 g/mol. The van der Waals surface area contributed by atoms with Crippen molar-refractivity contribution in [2.45, 2.75) is 13.1 Å². The second-order valence-electron chi connectivity index (χ2n) is 4.38. The summed E-state index contributed by atoms with van der Waals surface area (Å²) in [5.74, 6) is 0. The maximum atomic E-state index is 12.8. The third-order valence-electron chi connectivity index (χ3n) is 2.99. The minimum absolute atomic E-state index is 0.0203. The lowest BCUT2D eigenvalue weighted by molar-refractivity contribution is -0.384. The molecule has 0 amide bonds. The normalized spacial score (nSPS) is 11.5. The van der Waals surface area contributed by atoms with Gasteiger partial charge in [0.15, 0.2) is 0 Å². The predicted octanol–water partition coefficient (Wildman–Crippen LogP) is 5.29. The lowest BCUT2D eigenvalue weighted by atomic mass is 10.1. The average Bonchev–Trinajstić information content (AvgIpc) is 2.41. The number of nitrogens with zero attached hydrogens (tertiary/aromatic N) is 2. The van der Waals surface area contributed by atoms with Crippen LogP contribution >= 0.6 is 23.2 Å². The van der Waals surface area contributed by atoms with Crippen LogP contribution in [0.25, 0.3) is 11.3 Å². The van der Waals surface area contributed by atoms with Crippen LogP contribution < -0.4 is 0 Å². The van der Waals surface area contributed by atoms with Crippen LogP contribution in [0.2, 0.25) is 10.0 Å². The zero-order valence-corrected chi connectivity index (χ0v) is 12.4. The highest BCUT2D eigenvalue weighted by Gasteiger charge is 2.34. The van der Waals surface area contributed by atoms with Gasteiger partial charge in [-0.15, -0.1) is 0 Å². The second kappa shape index (κ2) is 5.73. The first-order chi connectivity index (χ1) is 10.1. The molecule has 116 valence electrons. The van der Waals surface area contributed by atoms with Gasteiger partial charge in [0.05, 0.1) is 21.2 Å². The van der Waals surface area contributed by atoms with Crippen LogP contribution in [0.15, 0.2) is 24.4 Å². The van der Waals surface area contributed by atoms with Crippen molar-refractivity contribution < 1.29 is 18.1 Å². The van der Waals surface area contributed by atoms with Gasteiger partial charge < -0.3 is 0 Å². The molecule has 0 fully saturated rings. The second-order valence-corrected chi connectivity index (χ2v) is 5.17. The van der Waals surface area contributed by atoms with Crippen molar-refractivity contribution in [3.8, 4) is 11.3 Å². The Balaban J connectivity index is 2.62. The first kappa shape index (κ1) is 16.5. The van der Waals surface area contributed by atoms with E-state index in [1.165, 1.54) is 19.1 Å². The molecule has 2 rings (SSSR count). The molecule has 9 heteroatoms. The molecule has 0 bridgehead atoms. The number of halogens is 5. The van der Waals surface area contributed by atoms with Gasteiger partial charge in [-0.25, -0.2) is 0 Å². The highest BCUT2D eigenvalue weighted by atomic mass is 35.5. The van der Waals surface area contributed by atoms with E-state index in [2.05, 4.69) is 4.98 Å². The number of nitro benzene ring substituents is 1. The van der Waals surface area contributed by atoms with Crippen molar-refractivity contribution in [2.75, 3.05) is 0 Å². The molecule has 22 heavy (non-hydrogen) atoms. The van der Waals surface area contributed by atoms with Crippen molar-refractivity contribution in [1.82, 2.24) is 4.98 Å². The SMILES string of the molecule is Cc1c(C(F)(F)F)cnc(-c2ccc(Cl)c([N+](=O)[O-])c2)c1Cl. The molecule has 0 N–H and O–H groups in total. The quantitative estimate of drug-likeness (QED) is 0.546. The summed E-state index contributed by atoms with van der Waals surface area (Å²) in [5.41, 5.74) is -1.30. The molecule has 0 unspecified atom stereocenters. The van der Waals surface area contributed by atoms with Crippen LogP contribution in [-0.4, -0.2) is 9.91 Å². The van der Waals surface area contributed by atoms with Crippen molar-refractivity contribution in [3.63, 3.8) is 0 Å². The summed E-state index contributed by atoms with van der Waals surface area (Å²) in [6.07, 6.45) is -3.93. The Morgan fingerprint density at radius 1 is 1.27 bits per heavy atom. The van der Waals surface area contributed by atoms with Gasteiger partial charge in [-0.3, -0.25) is 15.1 Å².